The molecule has 2 aromatic rings. The lowest BCUT2D eigenvalue weighted by Crippen LogP contribution is -2.41. The Morgan fingerprint density at radius 1 is 0.710 bits per heavy atom. The number of benzene rings is 2. The zero-order valence-electron chi connectivity index (χ0n) is 18.0. The molecule has 6 heteroatoms. The van der Waals surface area contributed by atoms with Crippen LogP contribution in [0.15, 0.2) is 54.6 Å². The minimum atomic E-state index is -0.00409. The van der Waals surface area contributed by atoms with Gasteiger partial charge in [-0.1, -0.05) is 48.5 Å². The van der Waals surface area contributed by atoms with Crippen molar-refractivity contribution in [3.05, 3.63) is 54.6 Å². The summed E-state index contributed by atoms with van der Waals surface area (Å²) in [5.74, 6) is 0.934. The van der Waals surface area contributed by atoms with E-state index in [0.717, 1.165) is 62.3 Å². The van der Waals surface area contributed by atoms with E-state index in [2.05, 4.69) is 4.90 Å². The molecule has 0 saturated carbocycles. The van der Waals surface area contributed by atoms with Crippen LogP contribution in [-0.4, -0.2) is 78.9 Å². The summed E-state index contributed by atoms with van der Waals surface area (Å²) in [7, 11) is 0. The molecular formula is C25H31N3O3. The second-order valence-electron chi connectivity index (χ2n) is 8.25. The zero-order chi connectivity index (χ0) is 21.5. The Morgan fingerprint density at radius 3 is 2.19 bits per heavy atom. The monoisotopic (exact) mass is 421 g/mol. The summed E-state index contributed by atoms with van der Waals surface area (Å²) in [5.41, 5.74) is 2.05. The number of likely N-dealkylation sites (tertiary alicyclic amines) is 1. The molecule has 2 saturated heterocycles. The Labute approximate surface area is 184 Å². The van der Waals surface area contributed by atoms with Crippen LogP contribution in [0.4, 0.5) is 0 Å². The number of carbonyl (C=O) groups is 2. The number of hydrogen-bond donors (Lipinski definition) is 0. The highest BCUT2D eigenvalue weighted by Crippen LogP contribution is 2.29. The number of hydrogen-bond acceptors (Lipinski definition) is 4. The van der Waals surface area contributed by atoms with Crippen LogP contribution in [0, 0.1) is 0 Å². The molecule has 2 aliphatic rings. The fourth-order valence-electron chi connectivity index (χ4n) is 4.32. The van der Waals surface area contributed by atoms with Crippen LogP contribution in [0.1, 0.15) is 19.3 Å². The van der Waals surface area contributed by atoms with E-state index in [9.17, 15) is 9.59 Å². The summed E-state index contributed by atoms with van der Waals surface area (Å²) in [5, 5.41) is 0. The zero-order valence-corrected chi connectivity index (χ0v) is 18.0. The fourth-order valence-corrected chi connectivity index (χ4v) is 4.32. The molecule has 0 unspecified atom stereocenters. The standard InChI is InChI=1S/C25H31N3O3/c29-24(27-14-6-7-15-27)19-26-13-8-16-28(18-17-26)25(30)20-31-23-12-5-4-11-22(23)21-9-2-1-3-10-21/h1-5,9-12H,6-8,13-20H2. The van der Waals surface area contributed by atoms with Crippen LogP contribution in [0.5, 0.6) is 5.75 Å². The van der Waals surface area contributed by atoms with E-state index < -0.39 is 0 Å². The number of amides is 2. The fraction of sp³-hybridized carbons (Fsp3) is 0.440. The van der Waals surface area contributed by atoms with Crippen LogP contribution < -0.4 is 4.74 Å². The van der Waals surface area contributed by atoms with Crippen molar-refractivity contribution >= 4 is 11.8 Å². The predicted molar refractivity (Wildman–Crippen MR) is 121 cm³/mol. The number of rotatable bonds is 6. The second kappa shape index (κ2) is 10.4. The van der Waals surface area contributed by atoms with Crippen molar-refractivity contribution in [1.82, 2.24) is 14.7 Å². The van der Waals surface area contributed by atoms with Gasteiger partial charge in [0.15, 0.2) is 6.61 Å². The van der Waals surface area contributed by atoms with E-state index in [1.165, 1.54) is 0 Å². The molecule has 0 spiro atoms. The van der Waals surface area contributed by atoms with E-state index in [0.29, 0.717) is 19.6 Å². The van der Waals surface area contributed by atoms with Crippen LogP contribution in [0.3, 0.4) is 0 Å². The lowest BCUT2D eigenvalue weighted by Gasteiger charge is -2.24. The van der Waals surface area contributed by atoms with Crippen LogP contribution >= 0.6 is 0 Å². The molecule has 164 valence electrons. The molecule has 4 rings (SSSR count). The maximum absolute atomic E-state index is 12.8. The first-order valence-corrected chi connectivity index (χ1v) is 11.3. The molecule has 0 atom stereocenters. The van der Waals surface area contributed by atoms with Crippen LogP contribution in [0.2, 0.25) is 0 Å². The van der Waals surface area contributed by atoms with Gasteiger partial charge in [-0.05, 0) is 30.9 Å². The highest BCUT2D eigenvalue weighted by Gasteiger charge is 2.24. The molecule has 6 nitrogen and oxygen atoms in total. The minimum absolute atomic E-state index is 0.00409. The van der Waals surface area contributed by atoms with E-state index in [-0.39, 0.29) is 18.4 Å². The Bertz CT molecular complexity index is 881. The molecular weight excluding hydrogens is 390 g/mol. The van der Waals surface area contributed by atoms with Gasteiger partial charge in [0.1, 0.15) is 5.75 Å². The van der Waals surface area contributed by atoms with Crippen molar-refractivity contribution in [3.63, 3.8) is 0 Å². The Morgan fingerprint density at radius 2 is 1.39 bits per heavy atom. The maximum Gasteiger partial charge on any atom is 0.260 e. The second-order valence-corrected chi connectivity index (χ2v) is 8.25. The first kappa shape index (κ1) is 21.4. The van der Waals surface area contributed by atoms with Gasteiger partial charge >= 0.3 is 0 Å². The average Bonchev–Trinajstić information content (AvgIpc) is 3.26. The first-order valence-electron chi connectivity index (χ1n) is 11.3. The third kappa shape index (κ3) is 5.64. The molecule has 2 aromatic carbocycles. The number of ether oxygens (including phenoxy) is 1. The van der Waals surface area contributed by atoms with Crippen molar-refractivity contribution in [3.8, 4) is 16.9 Å². The smallest absolute Gasteiger partial charge is 0.260 e. The third-order valence-electron chi connectivity index (χ3n) is 6.08. The van der Waals surface area contributed by atoms with Crippen molar-refractivity contribution in [2.45, 2.75) is 19.3 Å². The number of para-hydroxylation sites is 1. The van der Waals surface area contributed by atoms with E-state index in [1.54, 1.807) is 0 Å². The lowest BCUT2D eigenvalue weighted by atomic mass is 10.1. The van der Waals surface area contributed by atoms with E-state index >= 15 is 0 Å². The highest BCUT2D eigenvalue weighted by molar-refractivity contribution is 5.79. The summed E-state index contributed by atoms with van der Waals surface area (Å²) < 4.78 is 5.94. The third-order valence-corrected chi connectivity index (χ3v) is 6.08. The van der Waals surface area contributed by atoms with Gasteiger partial charge in [0, 0.05) is 44.8 Å². The minimum Gasteiger partial charge on any atom is -0.483 e. The Hall–Kier alpha value is -2.86. The first-order chi connectivity index (χ1) is 15.2. The molecule has 0 radical (unpaired) electrons. The molecule has 0 aliphatic carbocycles. The Kier molecular flexibility index (Phi) is 7.20. The van der Waals surface area contributed by atoms with Crippen LogP contribution in [-0.2, 0) is 9.59 Å². The van der Waals surface area contributed by atoms with Gasteiger partial charge < -0.3 is 14.5 Å². The van der Waals surface area contributed by atoms with Gasteiger partial charge in [0.25, 0.3) is 5.91 Å². The molecule has 0 bridgehead atoms. The quantitative estimate of drug-likeness (QED) is 0.720. The van der Waals surface area contributed by atoms with E-state index in [4.69, 9.17) is 4.74 Å². The lowest BCUT2D eigenvalue weighted by molar-refractivity contribution is -0.133. The molecule has 31 heavy (non-hydrogen) atoms. The highest BCUT2D eigenvalue weighted by atomic mass is 16.5. The van der Waals surface area contributed by atoms with Gasteiger partial charge in [-0.15, -0.1) is 0 Å². The SMILES string of the molecule is O=C(COc1ccccc1-c1ccccc1)N1CCCN(CC(=O)N2CCCC2)CC1. The van der Waals surface area contributed by atoms with Crippen molar-refractivity contribution in [2.75, 3.05) is 52.4 Å². The molecule has 2 amide bonds. The molecule has 2 aliphatic heterocycles. The summed E-state index contributed by atoms with van der Waals surface area (Å²) in [4.78, 5) is 31.3. The van der Waals surface area contributed by atoms with E-state index in [1.807, 2.05) is 64.4 Å². The number of carbonyl (C=O) groups excluding carboxylic acids is 2. The van der Waals surface area contributed by atoms with Gasteiger partial charge in [-0.25, -0.2) is 0 Å². The summed E-state index contributed by atoms with van der Waals surface area (Å²) >= 11 is 0. The maximum atomic E-state index is 12.8. The van der Waals surface area contributed by atoms with Crippen molar-refractivity contribution in [2.24, 2.45) is 0 Å². The normalized spacial score (nSPS) is 17.4. The molecule has 2 fully saturated rings. The topological polar surface area (TPSA) is 53.1 Å². The molecule has 2 heterocycles. The van der Waals surface area contributed by atoms with Gasteiger partial charge in [-0.3, -0.25) is 14.5 Å². The molecule has 0 aromatic heterocycles. The molecule has 0 N–H and O–H groups in total. The Balaban J connectivity index is 1.29. The summed E-state index contributed by atoms with van der Waals surface area (Å²) in [6, 6.07) is 17.9. The van der Waals surface area contributed by atoms with Gasteiger partial charge in [-0.2, -0.15) is 0 Å². The number of nitrogens with zero attached hydrogens (tertiary/aromatic N) is 3. The predicted octanol–water partition coefficient (Wildman–Crippen LogP) is 2.89. The van der Waals surface area contributed by atoms with Crippen molar-refractivity contribution in [1.29, 1.82) is 0 Å². The largest absolute Gasteiger partial charge is 0.483 e. The summed E-state index contributed by atoms with van der Waals surface area (Å²) in [6.45, 7) is 5.18. The van der Waals surface area contributed by atoms with Gasteiger partial charge in [0.05, 0.1) is 6.54 Å². The summed E-state index contributed by atoms with van der Waals surface area (Å²) in [6.07, 6.45) is 3.10. The van der Waals surface area contributed by atoms with Gasteiger partial charge in [0.2, 0.25) is 5.91 Å². The average molecular weight is 422 g/mol. The van der Waals surface area contributed by atoms with Crippen LogP contribution in [0.25, 0.3) is 11.1 Å². The van der Waals surface area contributed by atoms with Crippen molar-refractivity contribution < 1.29 is 14.3 Å².